The minimum absolute atomic E-state index is 0.115. The Hall–Kier alpha value is -8.54. The number of benzene rings is 7. The van der Waals surface area contributed by atoms with E-state index in [1.54, 1.807) is 182 Å². The van der Waals surface area contributed by atoms with Crippen LogP contribution in [-0.4, -0.2) is 83.5 Å². The first-order chi connectivity index (χ1) is 39.9. The summed E-state index contributed by atoms with van der Waals surface area (Å²) < 4.78 is 134. The molecular formula is C62H55BF6O13P2. The number of Topliss-reactive ketones (excluding diaryl/α,β-unsaturated/α-hetero) is 2. The third-order valence-corrected chi connectivity index (χ3v) is 25.6. The van der Waals surface area contributed by atoms with Crippen LogP contribution in [0.2, 0.25) is 0 Å². The number of hydrogen-bond donors (Lipinski definition) is 0. The molecule has 0 unspecified atom stereocenters. The number of ether oxygens (including phenoxy) is 4. The molecule has 0 heterocycles. The number of allylic oxidation sites excluding steroid dienone is 2. The first kappa shape index (κ1) is 63.1. The van der Waals surface area contributed by atoms with Crippen LogP contribution in [0.25, 0.3) is 0 Å². The van der Waals surface area contributed by atoms with Gasteiger partial charge in [-0.1, -0.05) is 0 Å². The van der Waals surface area contributed by atoms with Gasteiger partial charge in [-0.05, 0) is 0 Å². The fraction of sp³-hybridized carbons (Fsp3) is 0.161. The number of esters is 4. The van der Waals surface area contributed by atoms with E-state index in [9.17, 15) is 28.8 Å². The van der Waals surface area contributed by atoms with Crippen molar-refractivity contribution < 1.29 is 87.6 Å². The summed E-state index contributed by atoms with van der Waals surface area (Å²) in [7, 11) is 1.03. The maximum absolute atomic E-state index is 15.1. The quantitative estimate of drug-likeness (QED) is 0.00921. The van der Waals surface area contributed by atoms with E-state index in [1.165, 1.54) is 0 Å². The van der Waals surface area contributed by atoms with E-state index in [2.05, 4.69) is 0 Å². The number of carbonyl (C=O) groups is 6. The van der Waals surface area contributed by atoms with Gasteiger partial charge in [-0.3, -0.25) is 0 Å². The third-order valence-electron chi connectivity index (χ3n) is 14.2. The average Bonchev–Trinajstić information content (AvgIpc) is 0.743. The molecule has 0 spiro atoms. The molecule has 0 amide bonds. The Morgan fingerprint density at radius 3 is 0.798 bits per heavy atom. The van der Waals surface area contributed by atoms with E-state index in [0.717, 1.165) is 42.3 Å². The molecule has 0 fully saturated rings. The summed E-state index contributed by atoms with van der Waals surface area (Å²) in [6.45, 7) is -9.58. The van der Waals surface area contributed by atoms with Crippen LogP contribution in [0.3, 0.4) is 0 Å². The van der Waals surface area contributed by atoms with Gasteiger partial charge in [-0.15, -0.1) is 0 Å². The number of halogens is 6. The van der Waals surface area contributed by atoms with Gasteiger partial charge >= 0.3 is 482 Å². The molecule has 0 N–H and O–H groups in total. The van der Waals surface area contributed by atoms with Crippen molar-refractivity contribution in [3.8, 4) is 5.75 Å². The molecule has 0 bridgehead atoms. The van der Waals surface area contributed by atoms with Gasteiger partial charge in [0.05, 0.1) is 0 Å². The Bertz CT molecular complexity index is 3160. The van der Waals surface area contributed by atoms with Crippen LogP contribution < -0.4 is 36.5 Å². The van der Waals surface area contributed by atoms with Crippen LogP contribution in [0.1, 0.15) is 25.0 Å². The van der Waals surface area contributed by atoms with Crippen molar-refractivity contribution in [3.05, 3.63) is 234 Å². The number of rotatable bonds is 22. The molecule has 0 aliphatic heterocycles. The van der Waals surface area contributed by atoms with Crippen molar-refractivity contribution in [1.82, 2.24) is 0 Å². The molecule has 13 nitrogen and oxygen atoms in total. The van der Waals surface area contributed by atoms with Gasteiger partial charge in [-0.25, -0.2) is 0 Å². The van der Waals surface area contributed by atoms with E-state index in [-0.39, 0.29) is 37.9 Å². The first-order valence-electron chi connectivity index (χ1n) is 25.5. The summed E-state index contributed by atoms with van der Waals surface area (Å²) in [6.07, 6.45) is -12.7. The molecule has 7 aromatic rings. The van der Waals surface area contributed by atoms with E-state index >= 15 is 26.3 Å². The van der Waals surface area contributed by atoms with Gasteiger partial charge in [0.2, 0.25) is 0 Å². The molecule has 0 aliphatic rings. The van der Waals surface area contributed by atoms with Gasteiger partial charge in [0, 0.05) is 0 Å². The molecule has 7 aromatic carbocycles. The molecule has 0 saturated carbocycles. The summed E-state index contributed by atoms with van der Waals surface area (Å²) in [5.74, 6) is -8.39. The first-order valence-corrected chi connectivity index (χ1v) is 30.1. The van der Waals surface area contributed by atoms with Crippen LogP contribution in [0.5, 0.6) is 5.75 Å². The second-order valence-electron chi connectivity index (χ2n) is 18.9. The Kier molecular flexibility index (Phi) is 19.2. The van der Waals surface area contributed by atoms with Gasteiger partial charge in [-0.2, -0.15) is 0 Å². The van der Waals surface area contributed by atoms with E-state index in [1.807, 2.05) is 0 Å². The summed E-state index contributed by atoms with van der Waals surface area (Å²) in [5, 5.41) is 0.797. The Balaban J connectivity index is 1.85. The van der Waals surface area contributed by atoms with Crippen molar-refractivity contribution in [3.63, 3.8) is 0 Å². The normalized spacial score (nSPS) is 12.6. The molecule has 0 aliphatic carbocycles. The molecule has 436 valence electrons. The number of carbonyl (C=O) groups excluding carboxylic acids is 6. The fourth-order valence-corrected chi connectivity index (χ4v) is 21.8. The van der Waals surface area contributed by atoms with Crippen molar-refractivity contribution >= 4 is 88.3 Å². The molecule has 0 atom stereocenters. The SMILES string of the molecule is COC(=O)C(C(=O)OC)=C(CP(OB(Oc1cc(C(F)(F)F)cc(C(F)(F)F)c1)OP(CC(C(C)=O)=C(C(=O)OC)C(=O)OC)(c1ccccc1)(c1ccccc1)c1ccccc1)(c1ccccc1)(c1ccccc1)c1ccccc1)C(C)=O. The van der Waals surface area contributed by atoms with Crippen LogP contribution in [-0.2, 0) is 68.9 Å². The molecule has 0 radical (unpaired) electrons. The molecule has 84 heavy (non-hydrogen) atoms. The fourth-order valence-electron chi connectivity index (χ4n) is 10.3. The summed E-state index contributed by atoms with van der Waals surface area (Å²) in [4.78, 5) is 85.9. The van der Waals surface area contributed by atoms with Crippen LogP contribution in [0.4, 0.5) is 26.3 Å². The standard InChI is InChI=1S/C62H55BF6O13P2/c1-42(70)53(55(57(72)76-3)58(73)77-4)40-83(47-25-13-7-14-26-47,48-27-15-8-16-28-48,49-29-17-9-18-30-49)81-63(80-46-38-44(61(64,65)66)37-45(39-46)62(67,68)69)82-84(50-31-19-10-20-32-50,51-33-21-11-22-34-51,52-35-23-12-24-36-52)41-54(43(2)71)56(59(74)78-5)60(75)79-6/h7-39H,40-41H2,1-6H3. The molecule has 7 rings (SSSR count). The van der Waals surface area contributed by atoms with E-state index in [4.69, 9.17) is 32.5 Å². The van der Waals surface area contributed by atoms with Gasteiger partial charge < -0.3 is 0 Å². The zero-order chi connectivity index (χ0) is 61.1. The van der Waals surface area contributed by atoms with Crippen molar-refractivity contribution in [2.45, 2.75) is 26.2 Å². The maximum atomic E-state index is 15.1. The van der Waals surface area contributed by atoms with Crippen molar-refractivity contribution in [2.24, 2.45) is 0 Å². The molecule has 22 heteroatoms. The van der Waals surface area contributed by atoms with E-state index < -0.39 is 120 Å². The van der Waals surface area contributed by atoms with Crippen LogP contribution in [0, 0.1) is 0 Å². The Morgan fingerprint density at radius 1 is 0.381 bits per heavy atom. The zero-order valence-electron chi connectivity index (χ0n) is 46.0. The Morgan fingerprint density at radius 2 is 0.607 bits per heavy atom. The molecular weight excluding hydrogens is 1140 g/mol. The van der Waals surface area contributed by atoms with Crippen molar-refractivity contribution in [1.29, 1.82) is 0 Å². The summed E-state index contributed by atoms with van der Waals surface area (Å²) in [5.41, 5.74) is -6.65. The predicted octanol–water partition coefficient (Wildman–Crippen LogP) is 9.47. The van der Waals surface area contributed by atoms with Crippen LogP contribution in [0.15, 0.2) is 222 Å². The second kappa shape index (κ2) is 25.5. The number of ketones is 2. The number of alkyl halides is 6. The summed E-state index contributed by atoms with van der Waals surface area (Å²) >= 11 is 0. The monoisotopic (exact) mass is 1190 g/mol. The number of methoxy groups -OCH3 is 4. The zero-order valence-corrected chi connectivity index (χ0v) is 47.8. The molecule has 0 aromatic heterocycles. The predicted molar refractivity (Wildman–Crippen MR) is 309 cm³/mol. The van der Waals surface area contributed by atoms with E-state index in [0.29, 0.717) is 12.1 Å². The van der Waals surface area contributed by atoms with Crippen LogP contribution >= 0.6 is 13.7 Å². The minimum atomic E-state index is -5.83. The van der Waals surface area contributed by atoms with Gasteiger partial charge in [0.1, 0.15) is 0 Å². The topological polar surface area (TPSA) is 167 Å². The van der Waals surface area contributed by atoms with Crippen molar-refractivity contribution in [2.75, 3.05) is 40.8 Å². The summed E-state index contributed by atoms with van der Waals surface area (Å²) in [6, 6.07) is 47.9. The second-order valence-corrected chi connectivity index (χ2v) is 27.9. The average molecular weight is 1190 g/mol. The molecule has 0 saturated heterocycles. The number of hydrogen-bond acceptors (Lipinski definition) is 13. The third kappa shape index (κ3) is 12.0. The van der Waals surface area contributed by atoms with Gasteiger partial charge in [0.15, 0.2) is 0 Å². The Labute approximate surface area is 480 Å². The van der Waals surface area contributed by atoms with Gasteiger partial charge in [0.25, 0.3) is 0 Å².